The van der Waals surface area contributed by atoms with Gasteiger partial charge in [-0.15, -0.1) is 0 Å². The fourth-order valence-electron chi connectivity index (χ4n) is 2.78. The summed E-state index contributed by atoms with van der Waals surface area (Å²) in [6.07, 6.45) is 2.19. The maximum atomic E-state index is 12.8. The van der Waals surface area contributed by atoms with E-state index in [4.69, 9.17) is 0 Å². The Kier molecular flexibility index (Phi) is 4.83. The number of nitrogens with zero attached hydrogens (tertiary/aromatic N) is 1. The van der Waals surface area contributed by atoms with Crippen LogP contribution in [0.2, 0.25) is 0 Å². The van der Waals surface area contributed by atoms with Gasteiger partial charge in [0.1, 0.15) is 0 Å². The predicted octanol–water partition coefficient (Wildman–Crippen LogP) is 2.07. The van der Waals surface area contributed by atoms with Gasteiger partial charge in [0, 0.05) is 19.1 Å². The standard InChI is InChI=1S/C15H24N2O2S/c1-4-17(11-14-6-5-9-16-14)20(18,19)15-8-7-12(2)10-13(15)3/h7-8,10,14,16H,4-6,9,11H2,1-3H3. The summed E-state index contributed by atoms with van der Waals surface area (Å²) >= 11 is 0. The van der Waals surface area contributed by atoms with Gasteiger partial charge in [-0.05, 0) is 44.9 Å². The Bertz CT molecular complexity index is 563. The minimum atomic E-state index is -3.39. The summed E-state index contributed by atoms with van der Waals surface area (Å²) in [5, 5.41) is 3.36. The number of benzene rings is 1. The third-order valence-corrected chi connectivity index (χ3v) is 5.99. The average molecular weight is 296 g/mol. The molecule has 1 unspecified atom stereocenters. The molecule has 1 heterocycles. The summed E-state index contributed by atoms with van der Waals surface area (Å²) in [6.45, 7) is 7.80. The Hall–Kier alpha value is -0.910. The SMILES string of the molecule is CCN(CC1CCCN1)S(=O)(=O)c1ccc(C)cc1C. The Balaban J connectivity index is 2.26. The molecule has 1 saturated heterocycles. The van der Waals surface area contributed by atoms with Crippen molar-refractivity contribution >= 4 is 10.0 Å². The van der Waals surface area contributed by atoms with Crippen molar-refractivity contribution in [2.45, 2.75) is 44.6 Å². The number of aryl methyl sites for hydroxylation is 2. The van der Waals surface area contributed by atoms with Crippen LogP contribution >= 0.6 is 0 Å². The highest BCUT2D eigenvalue weighted by atomic mass is 32.2. The van der Waals surface area contributed by atoms with E-state index in [-0.39, 0.29) is 6.04 Å². The molecule has 1 aromatic rings. The van der Waals surface area contributed by atoms with Gasteiger partial charge in [0.05, 0.1) is 4.90 Å². The normalized spacial score (nSPS) is 19.7. The van der Waals surface area contributed by atoms with E-state index in [2.05, 4.69) is 5.32 Å². The first-order chi connectivity index (χ1) is 9.45. The number of likely N-dealkylation sites (N-methyl/N-ethyl adjacent to an activating group) is 1. The zero-order valence-electron chi connectivity index (χ0n) is 12.5. The number of hydrogen-bond acceptors (Lipinski definition) is 3. The molecule has 20 heavy (non-hydrogen) atoms. The van der Waals surface area contributed by atoms with Gasteiger partial charge in [-0.3, -0.25) is 0 Å². The summed E-state index contributed by atoms with van der Waals surface area (Å²) in [4.78, 5) is 0.433. The molecule has 1 aliphatic rings. The van der Waals surface area contributed by atoms with Crippen LogP contribution in [0.15, 0.2) is 23.1 Å². The molecule has 1 atom stereocenters. The highest BCUT2D eigenvalue weighted by Crippen LogP contribution is 2.22. The number of rotatable bonds is 5. The minimum Gasteiger partial charge on any atom is -0.313 e. The smallest absolute Gasteiger partial charge is 0.243 e. The van der Waals surface area contributed by atoms with Crippen LogP contribution in [0.3, 0.4) is 0 Å². The lowest BCUT2D eigenvalue weighted by atomic mass is 10.2. The lowest BCUT2D eigenvalue weighted by Crippen LogP contribution is -2.41. The van der Waals surface area contributed by atoms with Crippen LogP contribution < -0.4 is 5.32 Å². The second-order valence-corrected chi connectivity index (χ2v) is 7.42. The van der Waals surface area contributed by atoms with E-state index in [0.29, 0.717) is 18.0 Å². The Morgan fingerprint density at radius 3 is 2.65 bits per heavy atom. The Morgan fingerprint density at radius 1 is 1.35 bits per heavy atom. The molecule has 0 saturated carbocycles. The maximum absolute atomic E-state index is 12.8. The molecule has 0 spiro atoms. The molecule has 112 valence electrons. The van der Waals surface area contributed by atoms with E-state index in [9.17, 15) is 8.42 Å². The molecule has 1 fully saturated rings. The minimum absolute atomic E-state index is 0.287. The highest BCUT2D eigenvalue weighted by Gasteiger charge is 2.28. The molecule has 1 aromatic carbocycles. The van der Waals surface area contributed by atoms with Crippen molar-refractivity contribution in [3.05, 3.63) is 29.3 Å². The molecule has 2 rings (SSSR count). The van der Waals surface area contributed by atoms with E-state index >= 15 is 0 Å². The molecule has 0 amide bonds. The second kappa shape index (κ2) is 6.24. The molecule has 1 N–H and O–H groups in total. The first kappa shape index (κ1) is 15.5. The summed E-state index contributed by atoms with van der Waals surface area (Å²) in [7, 11) is -3.39. The van der Waals surface area contributed by atoms with E-state index < -0.39 is 10.0 Å². The largest absolute Gasteiger partial charge is 0.313 e. The second-order valence-electron chi connectivity index (χ2n) is 5.52. The lowest BCUT2D eigenvalue weighted by Gasteiger charge is -2.24. The molecule has 0 radical (unpaired) electrons. The molecule has 0 aromatic heterocycles. The van der Waals surface area contributed by atoms with E-state index in [1.165, 1.54) is 0 Å². The molecular weight excluding hydrogens is 272 g/mol. The predicted molar refractivity (Wildman–Crippen MR) is 81.4 cm³/mol. The van der Waals surface area contributed by atoms with Crippen molar-refractivity contribution in [1.82, 2.24) is 9.62 Å². The first-order valence-electron chi connectivity index (χ1n) is 7.26. The first-order valence-corrected chi connectivity index (χ1v) is 8.70. The average Bonchev–Trinajstić information content (AvgIpc) is 2.88. The summed E-state index contributed by atoms with van der Waals surface area (Å²) in [6, 6.07) is 5.80. The zero-order valence-corrected chi connectivity index (χ0v) is 13.3. The molecule has 1 aliphatic heterocycles. The van der Waals surface area contributed by atoms with Crippen LogP contribution in [0.5, 0.6) is 0 Å². The van der Waals surface area contributed by atoms with Gasteiger partial charge in [-0.2, -0.15) is 4.31 Å². The summed E-state index contributed by atoms with van der Waals surface area (Å²) in [5.41, 5.74) is 1.91. The van der Waals surface area contributed by atoms with Gasteiger partial charge in [-0.25, -0.2) is 8.42 Å². The van der Waals surface area contributed by atoms with Crippen molar-refractivity contribution < 1.29 is 8.42 Å². The molecule has 0 aliphatic carbocycles. The zero-order chi connectivity index (χ0) is 14.8. The van der Waals surface area contributed by atoms with Crippen LogP contribution in [0.4, 0.5) is 0 Å². The van der Waals surface area contributed by atoms with Crippen molar-refractivity contribution in [3.63, 3.8) is 0 Å². The van der Waals surface area contributed by atoms with Crippen LogP contribution in [0.1, 0.15) is 30.9 Å². The number of hydrogen-bond donors (Lipinski definition) is 1. The van der Waals surface area contributed by atoms with Crippen LogP contribution in [-0.2, 0) is 10.0 Å². The van der Waals surface area contributed by atoms with Gasteiger partial charge in [0.15, 0.2) is 0 Å². The Morgan fingerprint density at radius 2 is 2.10 bits per heavy atom. The Labute approximate surface area is 122 Å². The lowest BCUT2D eigenvalue weighted by molar-refractivity contribution is 0.382. The maximum Gasteiger partial charge on any atom is 0.243 e. The van der Waals surface area contributed by atoms with Gasteiger partial charge in [0.25, 0.3) is 0 Å². The monoisotopic (exact) mass is 296 g/mol. The third-order valence-electron chi connectivity index (χ3n) is 3.89. The topological polar surface area (TPSA) is 49.4 Å². The van der Waals surface area contributed by atoms with E-state index in [0.717, 1.165) is 30.5 Å². The highest BCUT2D eigenvalue weighted by molar-refractivity contribution is 7.89. The van der Waals surface area contributed by atoms with E-state index in [1.807, 2.05) is 32.9 Å². The summed E-state index contributed by atoms with van der Waals surface area (Å²) < 4.78 is 27.2. The van der Waals surface area contributed by atoms with Crippen molar-refractivity contribution in [2.24, 2.45) is 0 Å². The van der Waals surface area contributed by atoms with Crippen LogP contribution in [0.25, 0.3) is 0 Å². The molecule has 4 nitrogen and oxygen atoms in total. The van der Waals surface area contributed by atoms with Crippen LogP contribution in [0, 0.1) is 13.8 Å². The third kappa shape index (κ3) is 3.22. The number of sulfonamides is 1. The fourth-order valence-corrected chi connectivity index (χ4v) is 4.48. The summed E-state index contributed by atoms with van der Waals surface area (Å²) in [5.74, 6) is 0. The quantitative estimate of drug-likeness (QED) is 0.905. The molecule has 5 heteroatoms. The van der Waals surface area contributed by atoms with Crippen molar-refractivity contribution in [3.8, 4) is 0 Å². The molecular formula is C15H24N2O2S. The van der Waals surface area contributed by atoms with Gasteiger partial charge in [0.2, 0.25) is 10.0 Å². The molecule has 0 bridgehead atoms. The van der Waals surface area contributed by atoms with Gasteiger partial charge in [-0.1, -0.05) is 24.6 Å². The van der Waals surface area contributed by atoms with Crippen molar-refractivity contribution in [1.29, 1.82) is 0 Å². The fraction of sp³-hybridized carbons (Fsp3) is 0.600. The van der Waals surface area contributed by atoms with Crippen LogP contribution in [-0.4, -0.2) is 38.4 Å². The van der Waals surface area contributed by atoms with E-state index in [1.54, 1.807) is 10.4 Å². The van der Waals surface area contributed by atoms with Gasteiger partial charge >= 0.3 is 0 Å². The number of nitrogens with one attached hydrogen (secondary N) is 1. The van der Waals surface area contributed by atoms with Crippen molar-refractivity contribution in [2.75, 3.05) is 19.6 Å². The van der Waals surface area contributed by atoms with Gasteiger partial charge < -0.3 is 5.32 Å².